The summed E-state index contributed by atoms with van der Waals surface area (Å²) in [5, 5.41) is 0. The maximum atomic E-state index is 11.3. The SMILES string of the molecule is O=C1CCC=CCCCCCCC1. The number of carbonyl (C=O) groups excluding carboxylic acids is 1. The van der Waals surface area contributed by atoms with Gasteiger partial charge in [0.1, 0.15) is 5.78 Å². The van der Waals surface area contributed by atoms with Crippen molar-refractivity contribution in [2.75, 3.05) is 0 Å². The first-order valence-electron chi connectivity index (χ1n) is 5.56. The number of Topliss-reactive ketones (excluding diaryl/α,β-unsaturated/α-hetero) is 1. The molecule has 0 unspecified atom stereocenters. The fraction of sp³-hybridized carbons (Fsp3) is 0.750. The Morgan fingerprint density at radius 1 is 0.769 bits per heavy atom. The van der Waals surface area contributed by atoms with E-state index >= 15 is 0 Å². The summed E-state index contributed by atoms with van der Waals surface area (Å²) >= 11 is 0. The average molecular weight is 180 g/mol. The predicted octanol–water partition coefficient (Wildman–Crippen LogP) is 3.64. The molecule has 0 saturated heterocycles. The van der Waals surface area contributed by atoms with Crippen molar-refractivity contribution in [1.29, 1.82) is 0 Å². The van der Waals surface area contributed by atoms with Crippen LogP contribution in [-0.4, -0.2) is 5.78 Å². The quantitative estimate of drug-likeness (QED) is 0.520. The monoisotopic (exact) mass is 180 g/mol. The Morgan fingerprint density at radius 3 is 2.38 bits per heavy atom. The van der Waals surface area contributed by atoms with Crippen molar-refractivity contribution >= 4 is 5.78 Å². The van der Waals surface area contributed by atoms with Gasteiger partial charge in [-0.2, -0.15) is 0 Å². The molecule has 1 rings (SSSR count). The minimum atomic E-state index is 0.449. The van der Waals surface area contributed by atoms with Crippen LogP contribution < -0.4 is 0 Å². The van der Waals surface area contributed by atoms with Crippen molar-refractivity contribution < 1.29 is 4.79 Å². The lowest BCUT2D eigenvalue weighted by Crippen LogP contribution is -1.97. The smallest absolute Gasteiger partial charge is 0.133 e. The van der Waals surface area contributed by atoms with Crippen molar-refractivity contribution in [1.82, 2.24) is 0 Å². The Balaban J connectivity index is 2.25. The van der Waals surface area contributed by atoms with Crippen molar-refractivity contribution in [3.05, 3.63) is 12.2 Å². The third-order valence-electron chi connectivity index (χ3n) is 2.58. The van der Waals surface area contributed by atoms with Gasteiger partial charge in [0.05, 0.1) is 0 Å². The summed E-state index contributed by atoms with van der Waals surface area (Å²) in [7, 11) is 0. The van der Waals surface area contributed by atoms with E-state index in [-0.39, 0.29) is 0 Å². The molecule has 1 aliphatic rings. The van der Waals surface area contributed by atoms with E-state index in [2.05, 4.69) is 12.2 Å². The van der Waals surface area contributed by atoms with E-state index in [9.17, 15) is 4.79 Å². The number of ketones is 1. The van der Waals surface area contributed by atoms with E-state index in [0.717, 1.165) is 25.7 Å². The van der Waals surface area contributed by atoms with E-state index in [1.807, 2.05) is 0 Å². The first kappa shape index (κ1) is 10.5. The fourth-order valence-electron chi connectivity index (χ4n) is 1.72. The van der Waals surface area contributed by atoms with Gasteiger partial charge >= 0.3 is 0 Å². The summed E-state index contributed by atoms with van der Waals surface area (Å²) in [6.45, 7) is 0. The van der Waals surface area contributed by atoms with Crippen LogP contribution in [0.5, 0.6) is 0 Å². The standard InChI is InChI=1S/C12H20O/c13-12-10-8-6-4-2-1-3-5-7-9-11-12/h4,6H,1-3,5,7-11H2. The molecule has 0 aromatic heterocycles. The summed E-state index contributed by atoms with van der Waals surface area (Å²) in [5.74, 6) is 0.449. The van der Waals surface area contributed by atoms with Gasteiger partial charge < -0.3 is 0 Å². The number of carbonyl (C=O) groups is 1. The van der Waals surface area contributed by atoms with Crippen LogP contribution in [0.3, 0.4) is 0 Å². The number of allylic oxidation sites excluding steroid dienone is 2. The first-order chi connectivity index (χ1) is 6.39. The molecule has 0 aromatic rings. The fourth-order valence-corrected chi connectivity index (χ4v) is 1.72. The summed E-state index contributed by atoms with van der Waals surface area (Å²) < 4.78 is 0. The largest absolute Gasteiger partial charge is 0.300 e. The number of rotatable bonds is 0. The second-order valence-electron chi connectivity index (χ2n) is 3.86. The maximum Gasteiger partial charge on any atom is 0.133 e. The van der Waals surface area contributed by atoms with Crippen molar-refractivity contribution in [2.45, 2.75) is 57.8 Å². The molecule has 1 nitrogen and oxygen atoms in total. The van der Waals surface area contributed by atoms with Crippen LogP contribution in [0.2, 0.25) is 0 Å². The van der Waals surface area contributed by atoms with Crippen LogP contribution in [0.15, 0.2) is 12.2 Å². The van der Waals surface area contributed by atoms with Gasteiger partial charge in [0.25, 0.3) is 0 Å². The van der Waals surface area contributed by atoms with Crippen LogP contribution in [0.25, 0.3) is 0 Å². The molecule has 0 aromatic carbocycles. The molecule has 74 valence electrons. The van der Waals surface area contributed by atoms with E-state index in [1.165, 1.54) is 32.1 Å². The molecule has 0 bridgehead atoms. The first-order valence-corrected chi connectivity index (χ1v) is 5.56. The van der Waals surface area contributed by atoms with E-state index in [4.69, 9.17) is 0 Å². The molecule has 0 heterocycles. The molecule has 0 radical (unpaired) electrons. The molecular formula is C12H20O. The molecule has 0 spiro atoms. The van der Waals surface area contributed by atoms with Crippen molar-refractivity contribution in [3.63, 3.8) is 0 Å². The lowest BCUT2D eigenvalue weighted by Gasteiger charge is -2.02. The van der Waals surface area contributed by atoms with Gasteiger partial charge in [0, 0.05) is 12.8 Å². The zero-order valence-electron chi connectivity index (χ0n) is 8.43. The zero-order chi connectivity index (χ0) is 9.36. The molecule has 13 heavy (non-hydrogen) atoms. The normalized spacial score (nSPS) is 22.0. The van der Waals surface area contributed by atoms with Crippen LogP contribution in [0.4, 0.5) is 0 Å². The topological polar surface area (TPSA) is 17.1 Å². The Hall–Kier alpha value is -0.590. The summed E-state index contributed by atoms with van der Waals surface area (Å²) in [6.07, 6.45) is 14.5. The van der Waals surface area contributed by atoms with Crippen LogP contribution in [0, 0.1) is 0 Å². The molecule has 1 aliphatic carbocycles. The molecule has 0 saturated carbocycles. The van der Waals surface area contributed by atoms with Gasteiger partial charge in [-0.05, 0) is 25.7 Å². The molecule has 0 N–H and O–H groups in total. The highest BCUT2D eigenvalue weighted by Crippen LogP contribution is 2.11. The highest BCUT2D eigenvalue weighted by atomic mass is 16.1. The minimum Gasteiger partial charge on any atom is -0.300 e. The highest BCUT2D eigenvalue weighted by Gasteiger charge is 2.00. The molecule has 0 aliphatic heterocycles. The Morgan fingerprint density at radius 2 is 1.46 bits per heavy atom. The highest BCUT2D eigenvalue weighted by molar-refractivity contribution is 5.78. The summed E-state index contributed by atoms with van der Waals surface area (Å²) in [6, 6.07) is 0. The number of hydrogen-bond acceptors (Lipinski definition) is 1. The number of hydrogen-bond donors (Lipinski definition) is 0. The Labute approximate surface area is 81.2 Å². The van der Waals surface area contributed by atoms with Crippen molar-refractivity contribution in [3.8, 4) is 0 Å². The predicted molar refractivity (Wildman–Crippen MR) is 55.7 cm³/mol. The van der Waals surface area contributed by atoms with Gasteiger partial charge in [-0.1, -0.05) is 31.4 Å². The summed E-state index contributed by atoms with van der Waals surface area (Å²) in [5.41, 5.74) is 0. The Kier molecular flexibility index (Phi) is 5.55. The molecule has 0 fully saturated rings. The van der Waals surface area contributed by atoms with E-state index in [1.54, 1.807) is 0 Å². The average Bonchev–Trinajstić information content (AvgIpc) is 2.11. The minimum absolute atomic E-state index is 0.449. The lowest BCUT2D eigenvalue weighted by atomic mass is 10.0. The Bertz CT molecular complexity index is 170. The molecule has 0 atom stereocenters. The lowest BCUT2D eigenvalue weighted by molar-refractivity contribution is -0.119. The van der Waals surface area contributed by atoms with Gasteiger partial charge in [-0.25, -0.2) is 0 Å². The third-order valence-corrected chi connectivity index (χ3v) is 2.58. The summed E-state index contributed by atoms with van der Waals surface area (Å²) in [4.78, 5) is 11.3. The van der Waals surface area contributed by atoms with Crippen LogP contribution >= 0.6 is 0 Å². The molecular weight excluding hydrogens is 160 g/mol. The van der Waals surface area contributed by atoms with Gasteiger partial charge in [-0.3, -0.25) is 4.79 Å². The molecule has 1 heteroatoms. The van der Waals surface area contributed by atoms with Crippen molar-refractivity contribution in [2.24, 2.45) is 0 Å². The van der Waals surface area contributed by atoms with Crippen LogP contribution in [0.1, 0.15) is 57.8 Å². The van der Waals surface area contributed by atoms with Gasteiger partial charge in [0.2, 0.25) is 0 Å². The molecule has 0 amide bonds. The van der Waals surface area contributed by atoms with E-state index in [0.29, 0.717) is 5.78 Å². The zero-order valence-corrected chi connectivity index (χ0v) is 8.43. The van der Waals surface area contributed by atoms with E-state index < -0.39 is 0 Å². The van der Waals surface area contributed by atoms with Gasteiger partial charge in [-0.15, -0.1) is 0 Å². The maximum absolute atomic E-state index is 11.3. The second kappa shape index (κ2) is 6.88. The second-order valence-corrected chi connectivity index (χ2v) is 3.86. The van der Waals surface area contributed by atoms with Gasteiger partial charge in [0.15, 0.2) is 0 Å². The van der Waals surface area contributed by atoms with Crippen LogP contribution in [-0.2, 0) is 4.79 Å². The third kappa shape index (κ3) is 5.62.